The van der Waals surface area contributed by atoms with Crippen LogP contribution in [0.3, 0.4) is 0 Å². The van der Waals surface area contributed by atoms with Crippen LogP contribution in [0.2, 0.25) is 0 Å². The minimum Gasteiger partial charge on any atom is -0.375 e. The predicted octanol–water partition coefficient (Wildman–Crippen LogP) is 1.15. The molecule has 2 aliphatic heterocycles. The van der Waals surface area contributed by atoms with Crippen molar-refractivity contribution >= 4 is 5.91 Å². The van der Waals surface area contributed by atoms with Gasteiger partial charge in [0.1, 0.15) is 0 Å². The van der Waals surface area contributed by atoms with Gasteiger partial charge in [-0.05, 0) is 46.6 Å². The van der Waals surface area contributed by atoms with Gasteiger partial charge in [-0.15, -0.1) is 0 Å². The number of rotatable bonds is 2. The molecule has 4 heteroatoms. The van der Waals surface area contributed by atoms with Gasteiger partial charge in [0.2, 0.25) is 5.91 Å². The van der Waals surface area contributed by atoms with Gasteiger partial charge in [-0.3, -0.25) is 4.79 Å². The Morgan fingerprint density at radius 2 is 2.18 bits per heavy atom. The van der Waals surface area contributed by atoms with Crippen LogP contribution in [0.15, 0.2) is 0 Å². The number of carbonyl (C=O) groups is 1. The Morgan fingerprint density at radius 1 is 1.41 bits per heavy atom. The molecular formula is C13H24N2O2. The van der Waals surface area contributed by atoms with Crippen molar-refractivity contribution in [3.63, 3.8) is 0 Å². The Bertz CT molecular complexity index is 291. The third-order valence-corrected chi connectivity index (χ3v) is 3.93. The number of hydrogen-bond donors (Lipinski definition) is 1. The molecule has 0 spiro atoms. The molecule has 2 rings (SSSR count). The van der Waals surface area contributed by atoms with Crippen LogP contribution in [0.4, 0.5) is 0 Å². The van der Waals surface area contributed by atoms with Crippen LogP contribution in [0.1, 0.15) is 39.5 Å². The first kappa shape index (κ1) is 12.8. The molecule has 1 amide bonds. The molecule has 98 valence electrons. The molecule has 17 heavy (non-hydrogen) atoms. The van der Waals surface area contributed by atoms with Crippen LogP contribution in [0, 0.1) is 0 Å². The van der Waals surface area contributed by atoms with E-state index < -0.39 is 0 Å². The number of piperidine rings is 1. The highest BCUT2D eigenvalue weighted by Gasteiger charge is 2.37. The molecule has 2 fully saturated rings. The van der Waals surface area contributed by atoms with Crippen LogP contribution in [-0.4, -0.2) is 48.7 Å². The average Bonchev–Trinajstić information content (AvgIpc) is 2.28. The van der Waals surface area contributed by atoms with E-state index in [1.54, 1.807) is 0 Å². The molecule has 0 saturated carbocycles. The molecule has 2 atom stereocenters. The zero-order valence-electron chi connectivity index (χ0n) is 11.2. The minimum atomic E-state index is -0.0875. The number of carbonyl (C=O) groups excluding carboxylic acids is 1. The van der Waals surface area contributed by atoms with Crippen LogP contribution in [0.25, 0.3) is 0 Å². The first-order valence-electron chi connectivity index (χ1n) is 6.65. The van der Waals surface area contributed by atoms with E-state index in [4.69, 9.17) is 4.74 Å². The van der Waals surface area contributed by atoms with Crippen molar-refractivity contribution in [2.45, 2.75) is 57.2 Å². The van der Waals surface area contributed by atoms with E-state index in [0.29, 0.717) is 6.04 Å². The van der Waals surface area contributed by atoms with Crippen LogP contribution in [0.5, 0.6) is 0 Å². The maximum Gasteiger partial charge on any atom is 0.239 e. The summed E-state index contributed by atoms with van der Waals surface area (Å²) in [6.45, 7) is 5.91. The fraction of sp³-hybridized carbons (Fsp3) is 0.923. The third-order valence-electron chi connectivity index (χ3n) is 3.93. The van der Waals surface area contributed by atoms with Crippen molar-refractivity contribution in [3.8, 4) is 0 Å². The molecule has 4 nitrogen and oxygen atoms in total. The predicted molar refractivity (Wildman–Crippen MR) is 66.8 cm³/mol. The van der Waals surface area contributed by atoms with Gasteiger partial charge in [-0.25, -0.2) is 0 Å². The summed E-state index contributed by atoms with van der Waals surface area (Å²) in [6, 6.07) is 0.386. The zero-order chi connectivity index (χ0) is 12.5. The van der Waals surface area contributed by atoms with Crippen molar-refractivity contribution < 1.29 is 9.53 Å². The zero-order valence-corrected chi connectivity index (χ0v) is 11.2. The molecular weight excluding hydrogens is 216 g/mol. The van der Waals surface area contributed by atoms with Crippen LogP contribution in [-0.2, 0) is 9.53 Å². The summed E-state index contributed by atoms with van der Waals surface area (Å²) in [6.07, 6.45) is 4.01. The highest BCUT2D eigenvalue weighted by molar-refractivity contribution is 5.82. The topological polar surface area (TPSA) is 41.6 Å². The van der Waals surface area contributed by atoms with E-state index in [9.17, 15) is 4.79 Å². The van der Waals surface area contributed by atoms with Crippen LogP contribution >= 0.6 is 0 Å². The molecule has 1 N–H and O–H groups in total. The first-order valence-corrected chi connectivity index (χ1v) is 6.65. The van der Waals surface area contributed by atoms with Gasteiger partial charge in [0.25, 0.3) is 0 Å². The van der Waals surface area contributed by atoms with E-state index in [1.807, 2.05) is 7.05 Å². The van der Waals surface area contributed by atoms with Gasteiger partial charge < -0.3 is 15.0 Å². The summed E-state index contributed by atoms with van der Waals surface area (Å²) in [5, 5.41) is 3.12. The van der Waals surface area contributed by atoms with E-state index in [-0.39, 0.29) is 17.6 Å². The van der Waals surface area contributed by atoms with Crippen molar-refractivity contribution in [2.75, 3.05) is 20.2 Å². The summed E-state index contributed by atoms with van der Waals surface area (Å²) in [4.78, 5) is 14.4. The lowest BCUT2D eigenvalue weighted by atomic mass is 9.91. The smallest absolute Gasteiger partial charge is 0.239 e. The Labute approximate surface area is 104 Å². The summed E-state index contributed by atoms with van der Waals surface area (Å²) in [7, 11) is 1.87. The van der Waals surface area contributed by atoms with Crippen LogP contribution < -0.4 is 5.32 Å². The molecule has 0 bridgehead atoms. The number of ether oxygens (including phenoxy) is 1. The number of amides is 1. The molecule has 2 aliphatic rings. The van der Waals surface area contributed by atoms with Gasteiger partial charge >= 0.3 is 0 Å². The average molecular weight is 240 g/mol. The summed E-state index contributed by atoms with van der Waals surface area (Å²) in [5.41, 5.74) is -0.0875. The number of likely N-dealkylation sites (N-methyl/N-ethyl adjacent to an activating group) is 1. The highest BCUT2D eigenvalue weighted by Crippen LogP contribution is 2.29. The quantitative estimate of drug-likeness (QED) is 0.787. The largest absolute Gasteiger partial charge is 0.375 e. The first-order chi connectivity index (χ1) is 8.03. The lowest BCUT2D eigenvalue weighted by molar-refractivity contribution is -0.145. The molecule has 0 aromatic carbocycles. The standard InChI is InChI=1S/C13H24N2O2/c1-13(2)9-10(6-8-17-13)15-7-4-5-11(14-3)12(15)16/h10-11,14H,4-9H2,1-3H3. The van der Waals surface area contributed by atoms with Gasteiger partial charge in [0.05, 0.1) is 11.6 Å². The number of nitrogens with one attached hydrogen (secondary N) is 1. The van der Waals surface area contributed by atoms with Crippen molar-refractivity contribution in [2.24, 2.45) is 0 Å². The van der Waals surface area contributed by atoms with E-state index in [0.717, 1.165) is 38.8 Å². The SMILES string of the molecule is CNC1CCCN(C2CCOC(C)(C)C2)C1=O. The molecule has 0 aliphatic carbocycles. The van der Waals surface area contributed by atoms with Gasteiger partial charge in [0.15, 0.2) is 0 Å². The van der Waals surface area contributed by atoms with E-state index in [1.165, 1.54) is 0 Å². The molecule has 2 saturated heterocycles. The van der Waals surface area contributed by atoms with E-state index >= 15 is 0 Å². The van der Waals surface area contributed by atoms with Crippen molar-refractivity contribution in [1.29, 1.82) is 0 Å². The minimum absolute atomic E-state index is 0.0229. The second-order valence-corrected chi connectivity index (χ2v) is 5.77. The Morgan fingerprint density at radius 3 is 2.82 bits per heavy atom. The lowest BCUT2D eigenvalue weighted by Gasteiger charge is -2.44. The number of nitrogens with zero attached hydrogens (tertiary/aromatic N) is 1. The Hall–Kier alpha value is -0.610. The van der Waals surface area contributed by atoms with Crippen molar-refractivity contribution in [3.05, 3.63) is 0 Å². The summed E-state index contributed by atoms with van der Waals surface area (Å²) >= 11 is 0. The highest BCUT2D eigenvalue weighted by atomic mass is 16.5. The fourth-order valence-corrected chi connectivity index (χ4v) is 3.00. The monoisotopic (exact) mass is 240 g/mol. The maximum atomic E-state index is 12.3. The Kier molecular flexibility index (Phi) is 3.73. The van der Waals surface area contributed by atoms with E-state index in [2.05, 4.69) is 24.1 Å². The summed E-state index contributed by atoms with van der Waals surface area (Å²) in [5.74, 6) is 0.279. The molecule has 0 aromatic heterocycles. The molecule has 0 radical (unpaired) electrons. The van der Waals surface area contributed by atoms with Crippen molar-refractivity contribution in [1.82, 2.24) is 10.2 Å². The van der Waals surface area contributed by atoms with Gasteiger partial charge in [-0.1, -0.05) is 0 Å². The third kappa shape index (κ3) is 2.80. The molecule has 2 unspecified atom stereocenters. The second-order valence-electron chi connectivity index (χ2n) is 5.77. The van der Waals surface area contributed by atoms with Gasteiger partial charge in [-0.2, -0.15) is 0 Å². The number of likely N-dealkylation sites (tertiary alicyclic amines) is 1. The normalized spacial score (nSPS) is 33.8. The lowest BCUT2D eigenvalue weighted by Crippen LogP contribution is -2.56. The second kappa shape index (κ2) is 4.94. The van der Waals surface area contributed by atoms with Gasteiger partial charge in [0, 0.05) is 19.2 Å². The molecule has 2 heterocycles. The molecule has 0 aromatic rings. The number of hydrogen-bond acceptors (Lipinski definition) is 3. The summed E-state index contributed by atoms with van der Waals surface area (Å²) < 4.78 is 5.72. The maximum absolute atomic E-state index is 12.3. The Balaban J connectivity index is 2.03. The fourth-order valence-electron chi connectivity index (χ4n) is 3.00.